The maximum atomic E-state index is 5.85. The summed E-state index contributed by atoms with van der Waals surface area (Å²) in [5.74, 6) is 1.84. The number of aromatic nitrogens is 1. The Morgan fingerprint density at radius 3 is 2.84 bits per heavy atom. The molecule has 0 saturated heterocycles. The molecular weight excluding hydrogens is 276 g/mol. The van der Waals surface area contributed by atoms with E-state index in [0.29, 0.717) is 6.54 Å². The van der Waals surface area contributed by atoms with Gasteiger partial charge in [0.2, 0.25) is 0 Å². The molecule has 1 aromatic carbocycles. The number of hydrogen-bond acceptors (Lipinski definition) is 5. The van der Waals surface area contributed by atoms with E-state index in [-0.39, 0.29) is 5.25 Å². The molecule has 3 rings (SSSR count). The van der Waals surface area contributed by atoms with Crippen molar-refractivity contribution in [1.82, 2.24) is 4.98 Å². The molecule has 0 bridgehead atoms. The summed E-state index contributed by atoms with van der Waals surface area (Å²) in [6.07, 6.45) is 0. The highest BCUT2D eigenvalue weighted by molar-refractivity contribution is 8.01. The van der Waals surface area contributed by atoms with Gasteiger partial charge in [-0.2, -0.15) is 0 Å². The number of nitrogens with two attached hydrogens (primary N) is 1. The quantitative estimate of drug-likeness (QED) is 0.738. The highest BCUT2D eigenvalue weighted by atomic mass is 32.2. The van der Waals surface area contributed by atoms with Crippen molar-refractivity contribution in [3.05, 3.63) is 47.9 Å². The number of nitrogens with zero attached hydrogens (tertiary/aromatic N) is 1. The third kappa shape index (κ3) is 2.68. The third-order valence-electron chi connectivity index (χ3n) is 2.81. The van der Waals surface area contributed by atoms with Gasteiger partial charge in [-0.3, -0.25) is 0 Å². The van der Waals surface area contributed by atoms with Crippen LogP contribution in [0.25, 0.3) is 10.2 Å². The van der Waals surface area contributed by atoms with Crippen LogP contribution in [0.15, 0.2) is 45.2 Å². The lowest BCUT2D eigenvalue weighted by molar-refractivity contribution is 0.481. The summed E-state index contributed by atoms with van der Waals surface area (Å²) in [5.41, 5.74) is 6.90. The summed E-state index contributed by atoms with van der Waals surface area (Å²) in [6.45, 7) is 2.48. The van der Waals surface area contributed by atoms with Crippen molar-refractivity contribution >= 4 is 33.3 Å². The zero-order chi connectivity index (χ0) is 13.2. The molecule has 0 saturated carbocycles. The first-order valence-corrected chi connectivity index (χ1v) is 7.74. The fourth-order valence-corrected chi connectivity index (χ4v) is 4.11. The Bertz CT molecular complexity index is 656. The van der Waals surface area contributed by atoms with Gasteiger partial charge >= 0.3 is 0 Å². The maximum Gasteiger partial charge on any atom is 0.151 e. The lowest BCUT2D eigenvalue weighted by Gasteiger charge is -2.08. The fourth-order valence-electron chi connectivity index (χ4n) is 1.87. The lowest BCUT2D eigenvalue weighted by Crippen LogP contribution is -2.08. The van der Waals surface area contributed by atoms with Gasteiger partial charge in [0.15, 0.2) is 4.34 Å². The molecule has 0 fully saturated rings. The first-order valence-electron chi connectivity index (χ1n) is 6.05. The van der Waals surface area contributed by atoms with E-state index in [1.807, 2.05) is 37.3 Å². The molecule has 19 heavy (non-hydrogen) atoms. The first-order chi connectivity index (χ1) is 9.26. The predicted molar refractivity (Wildman–Crippen MR) is 80.7 cm³/mol. The lowest BCUT2D eigenvalue weighted by atomic mass is 10.3. The number of fused-ring (bicyclic) bond motifs is 1. The van der Waals surface area contributed by atoms with Crippen molar-refractivity contribution in [2.24, 2.45) is 5.73 Å². The van der Waals surface area contributed by atoms with Gasteiger partial charge in [0.25, 0.3) is 0 Å². The van der Waals surface area contributed by atoms with E-state index in [9.17, 15) is 0 Å². The van der Waals surface area contributed by atoms with Gasteiger partial charge < -0.3 is 10.2 Å². The molecule has 3 aromatic rings. The van der Waals surface area contributed by atoms with Crippen LogP contribution in [0.2, 0.25) is 0 Å². The number of hydrogen-bond donors (Lipinski definition) is 1. The molecule has 0 radical (unpaired) electrons. The van der Waals surface area contributed by atoms with E-state index in [0.717, 1.165) is 21.4 Å². The van der Waals surface area contributed by atoms with Gasteiger partial charge in [-0.1, -0.05) is 23.9 Å². The second-order valence-electron chi connectivity index (χ2n) is 4.24. The summed E-state index contributed by atoms with van der Waals surface area (Å²) in [4.78, 5) is 4.62. The van der Waals surface area contributed by atoms with Gasteiger partial charge in [-0.15, -0.1) is 11.3 Å². The minimum atomic E-state index is 0.120. The van der Waals surface area contributed by atoms with Gasteiger partial charge in [-0.05, 0) is 31.2 Å². The van der Waals surface area contributed by atoms with E-state index in [1.54, 1.807) is 23.1 Å². The number of aryl methyl sites for hydroxylation is 1. The third-order valence-corrected chi connectivity index (χ3v) is 5.18. The average molecular weight is 290 g/mol. The zero-order valence-electron chi connectivity index (χ0n) is 10.5. The van der Waals surface area contributed by atoms with Gasteiger partial charge in [0, 0.05) is 6.54 Å². The van der Waals surface area contributed by atoms with Crippen molar-refractivity contribution in [2.45, 2.75) is 16.5 Å². The molecule has 0 aliphatic heterocycles. The monoisotopic (exact) mass is 290 g/mol. The second-order valence-corrected chi connectivity index (χ2v) is 6.72. The number of furan rings is 1. The van der Waals surface area contributed by atoms with Crippen LogP contribution >= 0.6 is 23.1 Å². The molecular formula is C14H14N2OS2. The minimum absolute atomic E-state index is 0.120. The minimum Gasteiger partial charge on any atom is -0.465 e. The Morgan fingerprint density at radius 2 is 2.16 bits per heavy atom. The molecule has 1 unspecified atom stereocenters. The Hall–Kier alpha value is -1.30. The summed E-state index contributed by atoms with van der Waals surface area (Å²) >= 11 is 3.37. The smallest absolute Gasteiger partial charge is 0.151 e. The molecule has 1 atom stereocenters. The largest absolute Gasteiger partial charge is 0.465 e. The fraction of sp³-hybridized carbons (Fsp3) is 0.214. The van der Waals surface area contributed by atoms with Crippen molar-refractivity contribution in [3.8, 4) is 0 Å². The Balaban J connectivity index is 1.86. The van der Waals surface area contributed by atoms with Crippen LogP contribution in [0, 0.1) is 6.92 Å². The maximum absolute atomic E-state index is 5.85. The van der Waals surface area contributed by atoms with Gasteiger partial charge in [0.05, 0.1) is 15.5 Å². The summed E-state index contributed by atoms with van der Waals surface area (Å²) in [7, 11) is 0. The van der Waals surface area contributed by atoms with E-state index in [2.05, 4.69) is 11.1 Å². The average Bonchev–Trinajstić information content (AvgIpc) is 3.01. The molecule has 0 amide bonds. The standard InChI is InChI=1S/C14H14N2OS2/c1-9-6-7-11(17-9)13(8-15)19-14-16-10-4-2-3-5-12(10)18-14/h2-7,13H,8,15H2,1H3. The van der Waals surface area contributed by atoms with Crippen molar-refractivity contribution in [2.75, 3.05) is 6.54 Å². The molecule has 2 aromatic heterocycles. The Labute approximate surface area is 119 Å². The Kier molecular flexibility index (Phi) is 3.59. The number of benzene rings is 1. The van der Waals surface area contributed by atoms with E-state index in [4.69, 9.17) is 10.2 Å². The van der Waals surface area contributed by atoms with E-state index >= 15 is 0 Å². The highest BCUT2D eigenvalue weighted by Gasteiger charge is 2.17. The van der Waals surface area contributed by atoms with Crippen LogP contribution in [0.5, 0.6) is 0 Å². The van der Waals surface area contributed by atoms with Crippen LogP contribution in [0.1, 0.15) is 16.8 Å². The van der Waals surface area contributed by atoms with Crippen molar-refractivity contribution in [3.63, 3.8) is 0 Å². The Morgan fingerprint density at radius 1 is 1.32 bits per heavy atom. The van der Waals surface area contributed by atoms with Crippen molar-refractivity contribution < 1.29 is 4.42 Å². The predicted octanol–water partition coefficient (Wildman–Crippen LogP) is 3.99. The van der Waals surface area contributed by atoms with E-state index in [1.165, 1.54) is 4.70 Å². The van der Waals surface area contributed by atoms with Gasteiger partial charge in [-0.25, -0.2) is 4.98 Å². The molecule has 2 N–H and O–H groups in total. The summed E-state index contributed by atoms with van der Waals surface area (Å²) < 4.78 is 7.90. The SMILES string of the molecule is Cc1ccc(C(CN)Sc2nc3ccccc3s2)o1. The normalized spacial score (nSPS) is 12.9. The van der Waals surface area contributed by atoms with Crippen LogP contribution in [0.3, 0.4) is 0 Å². The number of rotatable bonds is 4. The summed E-state index contributed by atoms with van der Waals surface area (Å²) in [5, 5.41) is 0.120. The second kappa shape index (κ2) is 5.36. The topological polar surface area (TPSA) is 52.0 Å². The molecule has 0 aliphatic carbocycles. The van der Waals surface area contributed by atoms with Crippen LogP contribution in [-0.2, 0) is 0 Å². The molecule has 0 spiro atoms. The number of thioether (sulfide) groups is 1. The first kappa shape index (κ1) is 12.7. The molecule has 2 heterocycles. The summed E-state index contributed by atoms with van der Waals surface area (Å²) in [6, 6.07) is 12.1. The number of thiazole rings is 1. The van der Waals surface area contributed by atoms with Gasteiger partial charge in [0.1, 0.15) is 11.5 Å². The molecule has 98 valence electrons. The van der Waals surface area contributed by atoms with Crippen LogP contribution in [0.4, 0.5) is 0 Å². The van der Waals surface area contributed by atoms with Crippen molar-refractivity contribution in [1.29, 1.82) is 0 Å². The van der Waals surface area contributed by atoms with E-state index < -0.39 is 0 Å². The molecule has 5 heteroatoms. The molecule has 3 nitrogen and oxygen atoms in total. The van der Waals surface area contributed by atoms with Crippen LogP contribution < -0.4 is 5.73 Å². The van der Waals surface area contributed by atoms with Crippen LogP contribution in [-0.4, -0.2) is 11.5 Å². The highest BCUT2D eigenvalue weighted by Crippen LogP contribution is 2.38. The zero-order valence-corrected chi connectivity index (χ0v) is 12.1. The number of para-hydroxylation sites is 1. The molecule has 0 aliphatic rings.